The highest BCUT2D eigenvalue weighted by molar-refractivity contribution is 5.36. The van der Waals surface area contributed by atoms with E-state index in [0.717, 1.165) is 23.9 Å². The SMILES string of the molecule is CC(C)CN1CCC(NCc2nnc3ccccn23)CC1. The Hall–Kier alpha value is -1.46. The van der Waals surface area contributed by atoms with Gasteiger partial charge in [-0.25, -0.2) is 0 Å². The molecule has 2 aromatic heterocycles. The minimum atomic E-state index is 0.601. The van der Waals surface area contributed by atoms with E-state index in [9.17, 15) is 0 Å². The first-order valence-corrected chi connectivity index (χ1v) is 7.97. The van der Waals surface area contributed by atoms with E-state index in [4.69, 9.17) is 0 Å². The van der Waals surface area contributed by atoms with E-state index in [1.807, 2.05) is 24.4 Å². The largest absolute Gasteiger partial charge is 0.307 e. The minimum absolute atomic E-state index is 0.601. The minimum Gasteiger partial charge on any atom is -0.307 e. The Balaban J connectivity index is 1.50. The molecule has 0 saturated carbocycles. The summed E-state index contributed by atoms with van der Waals surface area (Å²) in [6, 6.07) is 6.60. The van der Waals surface area contributed by atoms with E-state index in [-0.39, 0.29) is 0 Å². The highest BCUT2D eigenvalue weighted by Gasteiger charge is 2.19. The second kappa shape index (κ2) is 6.54. The van der Waals surface area contributed by atoms with Gasteiger partial charge in [-0.05, 0) is 44.0 Å². The number of nitrogens with zero attached hydrogens (tertiary/aromatic N) is 4. The number of likely N-dealkylation sites (tertiary alicyclic amines) is 1. The van der Waals surface area contributed by atoms with Gasteiger partial charge in [-0.1, -0.05) is 19.9 Å². The zero-order chi connectivity index (χ0) is 14.7. The first kappa shape index (κ1) is 14.5. The Morgan fingerprint density at radius 1 is 1.24 bits per heavy atom. The van der Waals surface area contributed by atoms with Crippen LogP contribution < -0.4 is 5.32 Å². The molecule has 21 heavy (non-hydrogen) atoms. The molecular formula is C16H25N5. The molecule has 0 spiro atoms. The number of rotatable bonds is 5. The predicted octanol–water partition coefficient (Wildman–Crippen LogP) is 1.94. The quantitative estimate of drug-likeness (QED) is 0.913. The predicted molar refractivity (Wildman–Crippen MR) is 84.1 cm³/mol. The number of piperidine rings is 1. The number of pyridine rings is 1. The molecule has 1 fully saturated rings. The van der Waals surface area contributed by atoms with Crippen molar-refractivity contribution < 1.29 is 0 Å². The van der Waals surface area contributed by atoms with Gasteiger partial charge in [0.25, 0.3) is 0 Å². The van der Waals surface area contributed by atoms with Crippen LogP contribution in [0, 0.1) is 5.92 Å². The maximum atomic E-state index is 4.27. The number of hydrogen-bond donors (Lipinski definition) is 1. The summed E-state index contributed by atoms with van der Waals surface area (Å²) in [6.45, 7) is 9.01. The van der Waals surface area contributed by atoms with Crippen molar-refractivity contribution in [2.75, 3.05) is 19.6 Å². The van der Waals surface area contributed by atoms with Crippen LogP contribution in [0.4, 0.5) is 0 Å². The van der Waals surface area contributed by atoms with Crippen molar-refractivity contribution in [2.45, 2.75) is 39.3 Å². The Labute approximate surface area is 126 Å². The van der Waals surface area contributed by atoms with Gasteiger partial charge in [-0.3, -0.25) is 4.40 Å². The second-order valence-corrected chi connectivity index (χ2v) is 6.39. The number of hydrogen-bond acceptors (Lipinski definition) is 4. The van der Waals surface area contributed by atoms with Crippen LogP contribution in [0.5, 0.6) is 0 Å². The lowest BCUT2D eigenvalue weighted by Crippen LogP contribution is -2.43. The molecule has 5 nitrogen and oxygen atoms in total. The van der Waals surface area contributed by atoms with Gasteiger partial charge in [0.15, 0.2) is 11.5 Å². The fraction of sp³-hybridized carbons (Fsp3) is 0.625. The maximum Gasteiger partial charge on any atom is 0.160 e. The Bertz CT molecular complexity index is 569. The molecule has 0 radical (unpaired) electrons. The van der Waals surface area contributed by atoms with Crippen molar-refractivity contribution in [3.8, 4) is 0 Å². The van der Waals surface area contributed by atoms with Crippen LogP contribution in [0.25, 0.3) is 5.65 Å². The zero-order valence-corrected chi connectivity index (χ0v) is 13.0. The summed E-state index contributed by atoms with van der Waals surface area (Å²) in [5, 5.41) is 12.1. The third kappa shape index (κ3) is 3.60. The van der Waals surface area contributed by atoms with Gasteiger partial charge in [-0.15, -0.1) is 10.2 Å². The molecule has 5 heteroatoms. The van der Waals surface area contributed by atoms with Gasteiger partial charge in [-0.2, -0.15) is 0 Å². The van der Waals surface area contributed by atoms with E-state index < -0.39 is 0 Å². The molecule has 0 amide bonds. The molecule has 3 heterocycles. The summed E-state index contributed by atoms with van der Waals surface area (Å²) in [6.07, 6.45) is 4.48. The Kier molecular flexibility index (Phi) is 4.51. The van der Waals surface area contributed by atoms with Crippen molar-refractivity contribution in [1.29, 1.82) is 0 Å². The Morgan fingerprint density at radius 3 is 2.81 bits per heavy atom. The van der Waals surface area contributed by atoms with Gasteiger partial charge in [0, 0.05) is 18.8 Å². The molecule has 0 bridgehead atoms. The van der Waals surface area contributed by atoms with Crippen LogP contribution >= 0.6 is 0 Å². The van der Waals surface area contributed by atoms with Gasteiger partial charge in [0.2, 0.25) is 0 Å². The van der Waals surface area contributed by atoms with E-state index in [0.29, 0.717) is 6.04 Å². The lowest BCUT2D eigenvalue weighted by Gasteiger charge is -2.33. The number of aromatic nitrogens is 3. The summed E-state index contributed by atoms with van der Waals surface area (Å²) < 4.78 is 2.06. The van der Waals surface area contributed by atoms with Crippen molar-refractivity contribution in [3.05, 3.63) is 30.2 Å². The summed E-state index contributed by atoms with van der Waals surface area (Å²) >= 11 is 0. The summed E-state index contributed by atoms with van der Waals surface area (Å²) in [4.78, 5) is 2.58. The summed E-state index contributed by atoms with van der Waals surface area (Å²) in [5.74, 6) is 1.76. The van der Waals surface area contributed by atoms with Crippen LogP contribution in [0.2, 0.25) is 0 Å². The average Bonchev–Trinajstić information content (AvgIpc) is 2.89. The van der Waals surface area contributed by atoms with Crippen LogP contribution in [-0.4, -0.2) is 45.2 Å². The van der Waals surface area contributed by atoms with Gasteiger partial charge in [0.1, 0.15) is 0 Å². The first-order chi connectivity index (χ1) is 10.2. The molecular weight excluding hydrogens is 262 g/mol. The molecule has 0 aliphatic carbocycles. The molecule has 1 N–H and O–H groups in total. The maximum absolute atomic E-state index is 4.27. The van der Waals surface area contributed by atoms with Crippen molar-refractivity contribution in [2.24, 2.45) is 5.92 Å². The van der Waals surface area contributed by atoms with Crippen LogP contribution in [0.15, 0.2) is 24.4 Å². The normalized spacial score (nSPS) is 17.9. The fourth-order valence-corrected chi connectivity index (χ4v) is 3.08. The number of nitrogens with one attached hydrogen (secondary N) is 1. The molecule has 2 aromatic rings. The van der Waals surface area contributed by atoms with Crippen molar-refractivity contribution >= 4 is 5.65 Å². The molecule has 0 atom stereocenters. The highest BCUT2D eigenvalue weighted by atomic mass is 15.3. The van der Waals surface area contributed by atoms with Gasteiger partial charge in [0.05, 0.1) is 6.54 Å². The molecule has 1 aliphatic heterocycles. The van der Waals surface area contributed by atoms with E-state index in [1.54, 1.807) is 0 Å². The second-order valence-electron chi connectivity index (χ2n) is 6.39. The fourth-order valence-electron chi connectivity index (χ4n) is 3.08. The molecule has 1 aliphatic rings. The average molecular weight is 287 g/mol. The molecule has 0 unspecified atom stereocenters. The van der Waals surface area contributed by atoms with Crippen LogP contribution in [0.3, 0.4) is 0 Å². The topological polar surface area (TPSA) is 45.5 Å². The lowest BCUT2D eigenvalue weighted by atomic mass is 10.0. The highest BCUT2D eigenvalue weighted by Crippen LogP contribution is 2.13. The summed E-state index contributed by atoms with van der Waals surface area (Å²) in [7, 11) is 0. The third-order valence-corrected chi connectivity index (χ3v) is 4.14. The Morgan fingerprint density at radius 2 is 2.05 bits per heavy atom. The monoisotopic (exact) mass is 287 g/mol. The third-order valence-electron chi connectivity index (χ3n) is 4.14. The van der Waals surface area contributed by atoms with E-state index >= 15 is 0 Å². The van der Waals surface area contributed by atoms with Crippen molar-refractivity contribution in [1.82, 2.24) is 24.8 Å². The van der Waals surface area contributed by atoms with E-state index in [1.165, 1.54) is 32.5 Å². The van der Waals surface area contributed by atoms with Crippen LogP contribution in [-0.2, 0) is 6.54 Å². The van der Waals surface area contributed by atoms with Crippen LogP contribution in [0.1, 0.15) is 32.5 Å². The summed E-state index contributed by atoms with van der Waals surface area (Å²) in [5.41, 5.74) is 0.918. The molecule has 3 rings (SSSR count). The first-order valence-electron chi connectivity index (χ1n) is 7.97. The standard InChI is InChI=1S/C16H25N5/c1-13(2)12-20-9-6-14(7-10-20)17-11-16-19-18-15-5-3-4-8-21(15)16/h3-5,8,13-14,17H,6-7,9-12H2,1-2H3. The number of fused-ring (bicyclic) bond motifs is 1. The molecule has 0 aromatic carbocycles. The van der Waals surface area contributed by atoms with Gasteiger partial charge >= 0.3 is 0 Å². The molecule has 114 valence electrons. The van der Waals surface area contributed by atoms with Crippen molar-refractivity contribution in [3.63, 3.8) is 0 Å². The smallest absolute Gasteiger partial charge is 0.160 e. The van der Waals surface area contributed by atoms with E-state index in [2.05, 4.69) is 38.7 Å². The van der Waals surface area contributed by atoms with Gasteiger partial charge < -0.3 is 10.2 Å². The molecule has 1 saturated heterocycles. The zero-order valence-electron chi connectivity index (χ0n) is 13.0. The lowest BCUT2D eigenvalue weighted by molar-refractivity contribution is 0.179.